The van der Waals surface area contributed by atoms with Crippen molar-refractivity contribution in [2.24, 2.45) is 11.8 Å². The average Bonchev–Trinajstić information content (AvgIpc) is 3.28. The second kappa shape index (κ2) is 10.1. The van der Waals surface area contributed by atoms with Crippen LogP contribution in [-0.2, 0) is 11.3 Å². The second-order valence-electron chi connectivity index (χ2n) is 10.3. The number of nitrogens with zero attached hydrogens (tertiary/aromatic N) is 3. The highest BCUT2D eigenvalue weighted by atomic mass is 79.9. The molecule has 6 nitrogen and oxygen atoms in total. The van der Waals surface area contributed by atoms with Gasteiger partial charge in [0, 0.05) is 45.8 Å². The monoisotopic (exact) mass is 525 g/mol. The highest BCUT2D eigenvalue weighted by molar-refractivity contribution is 9.10. The minimum atomic E-state index is -0.443. The van der Waals surface area contributed by atoms with E-state index in [1.807, 2.05) is 37.6 Å². The summed E-state index contributed by atoms with van der Waals surface area (Å²) in [6, 6.07) is 6.51. The smallest absolute Gasteiger partial charge is 0.410 e. The number of amides is 1. The average molecular weight is 527 g/mol. The predicted molar refractivity (Wildman–Crippen MR) is 133 cm³/mol. The summed E-state index contributed by atoms with van der Waals surface area (Å²) in [6.45, 7) is 12.8. The van der Waals surface area contributed by atoms with Crippen molar-refractivity contribution >= 4 is 34.0 Å². The normalized spacial score (nSPS) is 26.9. The summed E-state index contributed by atoms with van der Waals surface area (Å²) in [6.07, 6.45) is 4.18. The second-order valence-corrected chi connectivity index (χ2v) is 12.0. The zero-order valence-corrected chi connectivity index (χ0v) is 22.1. The number of ether oxygens (including phenoxy) is 2. The van der Waals surface area contributed by atoms with Gasteiger partial charge in [-0.3, -0.25) is 4.90 Å². The molecule has 1 aliphatic carbocycles. The molecule has 3 aliphatic rings. The Balaban J connectivity index is 1.26. The molecule has 1 amide bonds. The lowest BCUT2D eigenvalue weighted by molar-refractivity contribution is 0.0272. The van der Waals surface area contributed by atoms with Gasteiger partial charge in [-0.15, -0.1) is 0 Å². The first-order valence-electron chi connectivity index (χ1n) is 11.6. The van der Waals surface area contributed by atoms with Gasteiger partial charge in [0.25, 0.3) is 0 Å². The molecule has 1 aromatic carbocycles. The van der Waals surface area contributed by atoms with Crippen molar-refractivity contribution in [3.63, 3.8) is 0 Å². The van der Waals surface area contributed by atoms with Gasteiger partial charge in [-0.25, -0.2) is 9.10 Å². The summed E-state index contributed by atoms with van der Waals surface area (Å²) in [5.74, 6) is 1.94. The molecule has 1 saturated carbocycles. The molecule has 2 unspecified atom stereocenters. The molecule has 32 heavy (non-hydrogen) atoms. The van der Waals surface area contributed by atoms with Crippen LogP contribution in [0, 0.1) is 11.8 Å². The maximum atomic E-state index is 12.4. The molecular weight excluding hydrogens is 490 g/mol. The van der Waals surface area contributed by atoms with E-state index >= 15 is 0 Å². The fraction of sp³-hybridized carbons (Fsp3) is 0.708. The van der Waals surface area contributed by atoms with Gasteiger partial charge in [0.2, 0.25) is 0 Å². The number of rotatable bonds is 5. The highest BCUT2D eigenvalue weighted by Crippen LogP contribution is 2.41. The standard InChI is InChI=1S/C24H36BrN3O3S/c1-24(2,3)31-23(29)27-15-18-12-20(13-19(18)16-27)30-22-6-5-17(11-21(22)25)14-26-7-9-28(32-4)10-8-26/h5-6,11,18-20H,7-10,12-16H2,1-4H3. The molecule has 0 aromatic heterocycles. The first-order chi connectivity index (χ1) is 15.2. The number of hydrogen-bond donors (Lipinski definition) is 0. The Kier molecular flexibility index (Phi) is 7.64. The largest absolute Gasteiger partial charge is 0.489 e. The first-order valence-corrected chi connectivity index (χ1v) is 13.6. The van der Waals surface area contributed by atoms with Gasteiger partial charge in [-0.05, 0) is 85.3 Å². The van der Waals surface area contributed by atoms with Gasteiger partial charge in [-0.2, -0.15) is 0 Å². The Morgan fingerprint density at radius 1 is 1.12 bits per heavy atom. The Morgan fingerprint density at radius 3 is 2.34 bits per heavy atom. The summed E-state index contributed by atoms with van der Waals surface area (Å²) in [5, 5.41) is 0. The van der Waals surface area contributed by atoms with E-state index in [4.69, 9.17) is 9.47 Å². The third kappa shape index (κ3) is 6.13. The maximum absolute atomic E-state index is 12.4. The van der Waals surface area contributed by atoms with E-state index in [2.05, 4.69) is 49.6 Å². The van der Waals surface area contributed by atoms with E-state index in [0.717, 1.165) is 68.9 Å². The predicted octanol–water partition coefficient (Wildman–Crippen LogP) is 4.87. The fourth-order valence-electron chi connectivity index (χ4n) is 5.06. The minimum absolute atomic E-state index is 0.183. The van der Waals surface area contributed by atoms with E-state index in [-0.39, 0.29) is 12.2 Å². The zero-order valence-electron chi connectivity index (χ0n) is 19.7. The minimum Gasteiger partial charge on any atom is -0.489 e. The van der Waals surface area contributed by atoms with E-state index in [1.54, 1.807) is 0 Å². The number of fused-ring (bicyclic) bond motifs is 1. The lowest BCUT2D eigenvalue weighted by Crippen LogP contribution is -2.42. The van der Waals surface area contributed by atoms with Crippen LogP contribution in [0.25, 0.3) is 0 Å². The van der Waals surface area contributed by atoms with Gasteiger partial charge in [-0.1, -0.05) is 18.0 Å². The van der Waals surface area contributed by atoms with Crippen LogP contribution in [0.5, 0.6) is 5.75 Å². The Labute approximate surface area is 205 Å². The van der Waals surface area contributed by atoms with E-state index in [0.29, 0.717) is 11.8 Å². The van der Waals surface area contributed by atoms with Crippen LogP contribution in [0.4, 0.5) is 4.79 Å². The van der Waals surface area contributed by atoms with Crippen LogP contribution in [0.3, 0.4) is 0 Å². The Hall–Kier alpha value is -0.960. The number of carbonyl (C=O) groups is 1. The van der Waals surface area contributed by atoms with Gasteiger partial charge in [0.1, 0.15) is 11.4 Å². The van der Waals surface area contributed by atoms with E-state index in [9.17, 15) is 4.79 Å². The Morgan fingerprint density at radius 2 is 1.78 bits per heavy atom. The lowest BCUT2D eigenvalue weighted by atomic mass is 10.0. The third-order valence-corrected chi connectivity index (χ3v) is 8.15. The molecular formula is C24H36BrN3O3S. The molecule has 178 valence electrons. The molecule has 0 bridgehead atoms. The number of benzene rings is 1. The van der Waals surface area contributed by atoms with Crippen molar-refractivity contribution in [1.29, 1.82) is 0 Å². The number of halogens is 1. The van der Waals surface area contributed by atoms with Crippen LogP contribution in [-0.4, -0.2) is 77.4 Å². The van der Waals surface area contributed by atoms with Crippen molar-refractivity contribution in [1.82, 2.24) is 14.1 Å². The molecule has 2 heterocycles. The van der Waals surface area contributed by atoms with Crippen molar-refractivity contribution in [2.45, 2.75) is 51.9 Å². The summed E-state index contributed by atoms with van der Waals surface area (Å²) in [7, 11) is 0. The molecule has 0 N–H and O–H groups in total. The highest BCUT2D eigenvalue weighted by Gasteiger charge is 2.44. The van der Waals surface area contributed by atoms with Crippen molar-refractivity contribution in [3.8, 4) is 5.75 Å². The van der Waals surface area contributed by atoms with Crippen LogP contribution < -0.4 is 4.74 Å². The summed E-state index contributed by atoms with van der Waals surface area (Å²) in [5.41, 5.74) is 0.875. The molecule has 2 atom stereocenters. The summed E-state index contributed by atoms with van der Waals surface area (Å²) < 4.78 is 15.4. The first kappa shape index (κ1) is 24.2. The molecule has 0 radical (unpaired) electrons. The van der Waals surface area contributed by atoms with Crippen LogP contribution in [0.1, 0.15) is 39.2 Å². The zero-order chi connectivity index (χ0) is 22.9. The molecule has 3 fully saturated rings. The van der Waals surface area contributed by atoms with Gasteiger partial charge >= 0.3 is 6.09 Å². The van der Waals surface area contributed by atoms with E-state index < -0.39 is 5.60 Å². The van der Waals surface area contributed by atoms with Crippen LogP contribution in [0.15, 0.2) is 22.7 Å². The fourth-order valence-corrected chi connectivity index (χ4v) is 6.11. The number of likely N-dealkylation sites (tertiary alicyclic amines) is 1. The SMILES string of the molecule is CSN1CCN(Cc2ccc(OC3CC4CN(C(=O)OC(C)(C)C)CC4C3)c(Br)c2)CC1. The number of hydrogen-bond acceptors (Lipinski definition) is 6. The lowest BCUT2D eigenvalue weighted by Gasteiger charge is -2.33. The molecule has 2 saturated heterocycles. The van der Waals surface area contributed by atoms with Gasteiger partial charge < -0.3 is 14.4 Å². The van der Waals surface area contributed by atoms with Crippen molar-refractivity contribution < 1.29 is 14.3 Å². The molecule has 1 aromatic rings. The summed E-state index contributed by atoms with van der Waals surface area (Å²) in [4.78, 5) is 16.8. The maximum Gasteiger partial charge on any atom is 0.410 e. The van der Waals surface area contributed by atoms with Crippen LogP contribution >= 0.6 is 27.9 Å². The van der Waals surface area contributed by atoms with Crippen LogP contribution in [0.2, 0.25) is 0 Å². The molecule has 0 spiro atoms. The molecule has 8 heteroatoms. The van der Waals surface area contributed by atoms with E-state index in [1.165, 1.54) is 5.56 Å². The number of piperazine rings is 1. The molecule has 2 aliphatic heterocycles. The third-order valence-electron chi connectivity index (χ3n) is 6.64. The molecule has 4 rings (SSSR count). The number of carbonyl (C=O) groups excluding carboxylic acids is 1. The Bertz CT molecular complexity index is 796. The quantitative estimate of drug-likeness (QED) is 0.511. The topological polar surface area (TPSA) is 45.2 Å². The summed E-state index contributed by atoms with van der Waals surface area (Å²) >= 11 is 5.57. The van der Waals surface area contributed by atoms with Crippen molar-refractivity contribution in [2.75, 3.05) is 45.5 Å². The van der Waals surface area contributed by atoms with Crippen molar-refractivity contribution in [3.05, 3.63) is 28.2 Å². The van der Waals surface area contributed by atoms with Gasteiger partial charge in [0.15, 0.2) is 0 Å². The van der Waals surface area contributed by atoms with Gasteiger partial charge in [0.05, 0.1) is 10.6 Å².